The summed E-state index contributed by atoms with van der Waals surface area (Å²) in [4.78, 5) is 48.6. The maximum Gasteiger partial charge on any atom is 0.417 e. The average Bonchev–Trinajstić information content (AvgIpc) is 3.56. The Labute approximate surface area is 344 Å². The molecule has 14 heteroatoms. The van der Waals surface area contributed by atoms with E-state index in [1.54, 1.807) is 12.1 Å². The molecule has 11 nitrogen and oxygen atoms in total. The summed E-state index contributed by atoms with van der Waals surface area (Å²) in [7, 11) is 0. The molecule has 0 aliphatic carbocycles. The number of anilines is 4. The van der Waals surface area contributed by atoms with E-state index in [1.807, 2.05) is 41.3 Å². The van der Waals surface area contributed by atoms with Crippen LogP contribution in [0.15, 0.2) is 66.7 Å². The molecule has 5 saturated heterocycles. The number of nitrogens with zero attached hydrogens (tertiary/aromatic N) is 6. The van der Waals surface area contributed by atoms with Crippen LogP contribution in [0, 0.1) is 22.7 Å². The van der Waals surface area contributed by atoms with Crippen LogP contribution in [0.25, 0.3) is 0 Å². The molecule has 1 unspecified atom stereocenters. The quantitative estimate of drug-likeness (QED) is 0.251. The molecule has 59 heavy (non-hydrogen) atoms. The Bertz CT molecular complexity index is 2060. The van der Waals surface area contributed by atoms with Crippen LogP contribution in [0.1, 0.15) is 73.4 Å². The fraction of sp³-hybridized carbons (Fsp3) is 0.511. The van der Waals surface area contributed by atoms with Gasteiger partial charge in [0.1, 0.15) is 6.04 Å². The molecule has 8 rings (SSSR count). The number of halogens is 3. The van der Waals surface area contributed by atoms with Crippen LogP contribution < -0.4 is 25.3 Å². The highest BCUT2D eigenvalue weighted by atomic mass is 19.4. The number of piperidine rings is 3. The molecule has 2 N–H and O–H groups in total. The number of nitrogens with one attached hydrogen (secondary N) is 2. The fourth-order valence-electron chi connectivity index (χ4n) is 10.0. The summed E-state index contributed by atoms with van der Waals surface area (Å²) in [5.41, 5.74) is 3.09. The molecule has 3 aromatic carbocycles. The smallest absolute Gasteiger partial charge is 0.374 e. The van der Waals surface area contributed by atoms with Crippen LogP contribution in [0.2, 0.25) is 0 Å². The molecule has 3 amide bonds. The number of rotatable bonds is 8. The number of benzene rings is 3. The number of likely N-dealkylation sites (tertiary alicyclic amines) is 1. The number of hydrogen-bond acceptors (Lipinski definition) is 9. The Hall–Kier alpha value is -5.29. The van der Waals surface area contributed by atoms with Crippen LogP contribution in [0.5, 0.6) is 0 Å². The molecule has 5 heterocycles. The monoisotopic (exact) mass is 810 g/mol. The molecule has 0 aromatic heterocycles. The molecule has 3 aromatic rings. The summed E-state index contributed by atoms with van der Waals surface area (Å²) < 4.78 is 41.1. The van der Waals surface area contributed by atoms with Crippen molar-refractivity contribution in [1.29, 1.82) is 5.26 Å². The van der Waals surface area contributed by atoms with Gasteiger partial charge in [-0.1, -0.05) is 6.07 Å². The van der Waals surface area contributed by atoms with Gasteiger partial charge >= 0.3 is 6.18 Å². The molecule has 312 valence electrons. The van der Waals surface area contributed by atoms with Gasteiger partial charge in [0.15, 0.2) is 0 Å². The van der Waals surface area contributed by atoms with Gasteiger partial charge in [-0.15, -0.1) is 0 Å². The van der Waals surface area contributed by atoms with Crippen LogP contribution in [0.4, 0.5) is 35.9 Å². The van der Waals surface area contributed by atoms with Crippen molar-refractivity contribution in [2.45, 2.75) is 70.1 Å². The molecule has 1 spiro atoms. The summed E-state index contributed by atoms with van der Waals surface area (Å²) in [5, 5.41) is 14.9. The van der Waals surface area contributed by atoms with Gasteiger partial charge in [-0.3, -0.25) is 24.6 Å². The van der Waals surface area contributed by atoms with Crippen molar-refractivity contribution in [1.82, 2.24) is 15.1 Å². The maximum absolute atomic E-state index is 13.7. The predicted octanol–water partition coefficient (Wildman–Crippen LogP) is 6.35. The van der Waals surface area contributed by atoms with E-state index in [1.165, 1.54) is 6.07 Å². The van der Waals surface area contributed by atoms with E-state index in [2.05, 4.69) is 49.3 Å². The molecule has 5 fully saturated rings. The predicted molar refractivity (Wildman–Crippen MR) is 221 cm³/mol. The Morgan fingerprint density at radius 1 is 0.864 bits per heavy atom. The highest BCUT2D eigenvalue weighted by Crippen LogP contribution is 2.46. The lowest BCUT2D eigenvalue weighted by Gasteiger charge is -2.40. The van der Waals surface area contributed by atoms with Crippen molar-refractivity contribution in [3.8, 4) is 6.07 Å². The first-order valence-corrected chi connectivity index (χ1v) is 21.1. The van der Waals surface area contributed by atoms with E-state index in [9.17, 15) is 32.8 Å². The third-order valence-corrected chi connectivity index (χ3v) is 13.4. The minimum absolute atomic E-state index is 0.0192. The number of carbonyl (C=O) groups is 3. The zero-order valence-corrected chi connectivity index (χ0v) is 33.6. The summed E-state index contributed by atoms with van der Waals surface area (Å²) in [5.74, 6) is 0.133. The van der Waals surface area contributed by atoms with Crippen molar-refractivity contribution in [2.75, 3.05) is 85.5 Å². The second-order valence-corrected chi connectivity index (χ2v) is 17.3. The van der Waals surface area contributed by atoms with E-state index < -0.39 is 17.8 Å². The summed E-state index contributed by atoms with van der Waals surface area (Å²) in [6.45, 7) is 10.8. The molecule has 0 bridgehead atoms. The van der Waals surface area contributed by atoms with Gasteiger partial charge in [0, 0.05) is 106 Å². The van der Waals surface area contributed by atoms with Crippen LogP contribution in [-0.4, -0.2) is 105 Å². The summed E-state index contributed by atoms with van der Waals surface area (Å²) >= 11 is 0. The Morgan fingerprint density at radius 2 is 1.56 bits per heavy atom. The normalized spacial score (nSPS) is 23.0. The lowest BCUT2D eigenvalue weighted by atomic mass is 9.76. The Morgan fingerprint density at radius 3 is 2.24 bits per heavy atom. The van der Waals surface area contributed by atoms with Crippen molar-refractivity contribution in [3.05, 3.63) is 83.4 Å². The molecule has 0 radical (unpaired) electrons. The van der Waals surface area contributed by atoms with Gasteiger partial charge in [0.25, 0.3) is 5.91 Å². The molecule has 2 atom stereocenters. The van der Waals surface area contributed by atoms with Crippen molar-refractivity contribution in [2.24, 2.45) is 11.3 Å². The highest BCUT2D eigenvalue weighted by Gasteiger charge is 2.45. The lowest BCUT2D eigenvalue weighted by Crippen LogP contribution is -2.49. The lowest BCUT2D eigenvalue weighted by molar-refractivity contribution is -0.138. The third-order valence-electron chi connectivity index (χ3n) is 13.4. The zero-order chi connectivity index (χ0) is 41.3. The first kappa shape index (κ1) is 40.5. The van der Waals surface area contributed by atoms with Gasteiger partial charge < -0.3 is 24.9 Å². The molecule has 5 aliphatic heterocycles. The second-order valence-electron chi connectivity index (χ2n) is 17.3. The van der Waals surface area contributed by atoms with Gasteiger partial charge in [-0.25, -0.2) is 0 Å². The van der Waals surface area contributed by atoms with Crippen molar-refractivity contribution in [3.63, 3.8) is 0 Å². The van der Waals surface area contributed by atoms with Crippen LogP contribution in [0.3, 0.4) is 0 Å². The summed E-state index contributed by atoms with van der Waals surface area (Å²) in [6.07, 6.45) is 0.995. The number of alkyl halides is 3. The fourth-order valence-corrected chi connectivity index (χ4v) is 10.0. The topological polar surface area (TPSA) is 115 Å². The summed E-state index contributed by atoms with van der Waals surface area (Å²) in [6, 6.07) is 21.5. The van der Waals surface area contributed by atoms with E-state index >= 15 is 0 Å². The number of amides is 3. The van der Waals surface area contributed by atoms with Crippen LogP contribution >= 0.6 is 0 Å². The average molecular weight is 811 g/mol. The van der Waals surface area contributed by atoms with Gasteiger partial charge in [0.2, 0.25) is 11.8 Å². The van der Waals surface area contributed by atoms with Gasteiger partial charge in [-0.05, 0) is 117 Å². The Balaban J connectivity index is 0.769. The van der Waals surface area contributed by atoms with Gasteiger partial charge in [-0.2, -0.15) is 18.4 Å². The highest BCUT2D eigenvalue weighted by molar-refractivity contribution is 6.01. The number of hydrogen-bond donors (Lipinski definition) is 2. The van der Waals surface area contributed by atoms with E-state index in [0.717, 1.165) is 114 Å². The Kier molecular flexibility index (Phi) is 11.5. The second kappa shape index (κ2) is 16.8. The number of piperazine rings is 1. The van der Waals surface area contributed by atoms with E-state index in [-0.39, 0.29) is 34.7 Å². The number of nitriles is 1. The first-order valence-electron chi connectivity index (χ1n) is 21.1. The molecular formula is C45H53F3N8O3. The van der Waals surface area contributed by atoms with E-state index in [0.29, 0.717) is 36.6 Å². The number of carbonyl (C=O) groups excluding carboxylic acids is 3. The van der Waals surface area contributed by atoms with E-state index in [4.69, 9.17) is 0 Å². The zero-order valence-electron chi connectivity index (χ0n) is 33.6. The van der Waals surface area contributed by atoms with Gasteiger partial charge in [0.05, 0.1) is 17.2 Å². The molecule has 5 aliphatic rings. The maximum atomic E-state index is 13.7. The first-order chi connectivity index (χ1) is 28.4. The third kappa shape index (κ3) is 9.00. The number of imide groups is 1. The minimum atomic E-state index is -4.58. The SMILES string of the molecule is CC1CC2(CCN(c3ccc(C(=O)N4CCC(CN5CCN(c6cccc(N[C@H]7CCC(=O)NC7=O)c6)CC5)CC4)cc3)CC2)CN1c1ccc(C#N)c(C(F)(F)F)c1. The van der Waals surface area contributed by atoms with Crippen molar-refractivity contribution < 1.29 is 27.6 Å². The van der Waals surface area contributed by atoms with Crippen molar-refractivity contribution >= 4 is 40.5 Å². The standard InChI is InChI=1S/C45H53F3N8O3/c1-31-27-44(30-56(31)38-10-7-34(28-49)39(26-38)45(46,47)48)15-19-53(20-16-44)36-8-5-33(6-9-36)43(59)55-17-13-32(14-18-55)29-52-21-23-54(24-22-52)37-4-2-3-35(25-37)50-40-11-12-41(57)51-42(40)58/h2-10,25-26,31-32,40,50H,11-24,27,29-30H2,1H3,(H,51,57,58)/t31?,40-/m0/s1. The van der Waals surface area contributed by atoms with Crippen LogP contribution in [-0.2, 0) is 15.8 Å². The minimum Gasteiger partial charge on any atom is -0.374 e. The largest absolute Gasteiger partial charge is 0.417 e. The molecular weight excluding hydrogens is 758 g/mol. The molecule has 0 saturated carbocycles.